The van der Waals surface area contributed by atoms with Crippen LogP contribution in [0, 0.1) is 5.82 Å². The van der Waals surface area contributed by atoms with E-state index < -0.39 is 11.7 Å². The van der Waals surface area contributed by atoms with E-state index in [1.807, 2.05) is 16.9 Å². The van der Waals surface area contributed by atoms with Crippen LogP contribution < -0.4 is 15.5 Å². The fourth-order valence-electron chi connectivity index (χ4n) is 5.02. The second-order valence-corrected chi connectivity index (χ2v) is 10.7. The number of piperidine rings is 1. The van der Waals surface area contributed by atoms with Crippen molar-refractivity contribution in [1.29, 1.82) is 0 Å². The molecule has 1 aromatic heterocycles. The van der Waals surface area contributed by atoms with Crippen LogP contribution in [0.3, 0.4) is 0 Å². The number of hydrogen-bond donors (Lipinski definition) is 2. The average Bonchev–Trinajstić information content (AvgIpc) is 3.62. The first kappa shape index (κ1) is 26.0. The quantitative estimate of drug-likeness (QED) is 0.280. The molecule has 2 aliphatic rings. The molecule has 0 spiro atoms. The molecule has 37 heavy (non-hydrogen) atoms. The average molecular weight is 580 g/mol. The molecule has 1 saturated carbocycles. The summed E-state index contributed by atoms with van der Waals surface area (Å²) in [6, 6.07) is 11.2. The summed E-state index contributed by atoms with van der Waals surface area (Å²) in [5.74, 6) is 0.376. The first-order valence-electron chi connectivity index (χ1n) is 12.6. The third-order valence-corrected chi connectivity index (χ3v) is 7.79. The molecule has 0 radical (unpaired) electrons. The monoisotopic (exact) mass is 579 g/mol. The molecule has 2 heterocycles. The Balaban J connectivity index is 1.26. The normalized spacial score (nSPS) is 17.7. The summed E-state index contributed by atoms with van der Waals surface area (Å²) in [5, 5.41) is 11.5. The van der Waals surface area contributed by atoms with Gasteiger partial charge in [-0.05, 0) is 72.3 Å². The van der Waals surface area contributed by atoms with E-state index in [2.05, 4.69) is 38.4 Å². The lowest BCUT2D eigenvalue weighted by Crippen LogP contribution is -2.43. The minimum absolute atomic E-state index is 0.0347. The van der Waals surface area contributed by atoms with Gasteiger partial charge in [-0.25, -0.2) is 4.39 Å². The number of aromatic nitrogens is 2. The molecule has 1 saturated heterocycles. The summed E-state index contributed by atoms with van der Waals surface area (Å²) in [4.78, 5) is 2.07. The summed E-state index contributed by atoms with van der Waals surface area (Å²) < 4.78 is 57.5. The zero-order valence-electron chi connectivity index (χ0n) is 20.5. The van der Waals surface area contributed by atoms with Crippen LogP contribution in [0.2, 0.25) is 0 Å². The van der Waals surface area contributed by atoms with Gasteiger partial charge in [0.2, 0.25) is 0 Å². The Morgan fingerprint density at radius 2 is 1.78 bits per heavy atom. The van der Waals surface area contributed by atoms with E-state index in [4.69, 9.17) is 5.10 Å². The molecule has 5 rings (SSSR count). The lowest BCUT2D eigenvalue weighted by Gasteiger charge is -2.36. The summed E-state index contributed by atoms with van der Waals surface area (Å²) in [7, 11) is 0. The smallest absolute Gasteiger partial charge is 0.368 e. The maximum atomic E-state index is 14.4. The van der Waals surface area contributed by atoms with Gasteiger partial charge in [-0.3, -0.25) is 4.68 Å². The fraction of sp³-hybridized carbons (Fsp3) is 0.444. The molecule has 2 N–H and O–H groups in total. The van der Waals surface area contributed by atoms with Gasteiger partial charge in [-0.1, -0.05) is 24.3 Å². The van der Waals surface area contributed by atoms with E-state index in [1.165, 1.54) is 18.2 Å². The Morgan fingerprint density at radius 3 is 2.46 bits per heavy atom. The number of benzene rings is 2. The fourth-order valence-corrected chi connectivity index (χ4v) is 5.61. The van der Waals surface area contributed by atoms with Crippen molar-refractivity contribution in [3.63, 3.8) is 0 Å². The van der Waals surface area contributed by atoms with Crippen LogP contribution >= 0.6 is 15.9 Å². The molecule has 1 atom stereocenters. The van der Waals surface area contributed by atoms with Crippen molar-refractivity contribution < 1.29 is 17.6 Å². The van der Waals surface area contributed by atoms with Crippen molar-refractivity contribution in [2.75, 3.05) is 23.3 Å². The lowest BCUT2D eigenvalue weighted by atomic mass is 10.0. The minimum Gasteiger partial charge on any atom is -0.368 e. The van der Waals surface area contributed by atoms with Gasteiger partial charge < -0.3 is 15.5 Å². The van der Waals surface area contributed by atoms with Crippen molar-refractivity contribution in [2.24, 2.45) is 0 Å². The topological polar surface area (TPSA) is 45.1 Å². The first-order valence-corrected chi connectivity index (χ1v) is 13.4. The molecule has 0 amide bonds. The van der Waals surface area contributed by atoms with Crippen LogP contribution in [-0.4, -0.2) is 28.9 Å². The van der Waals surface area contributed by atoms with Gasteiger partial charge in [0.25, 0.3) is 0 Å². The number of hydrogen-bond acceptors (Lipinski definition) is 4. The Labute approximate surface area is 222 Å². The highest BCUT2D eigenvalue weighted by Crippen LogP contribution is 2.37. The van der Waals surface area contributed by atoms with Crippen LogP contribution in [0.5, 0.6) is 0 Å². The van der Waals surface area contributed by atoms with Crippen molar-refractivity contribution in [3.8, 4) is 0 Å². The third-order valence-electron chi connectivity index (χ3n) is 7.15. The van der Waals surface area contributed by atoms with E-state index in [-0.39, 0.29) is 30.0 Å². The van der Waals surface area contributed by atoms with E-state index >= 15 is 0 Å². The second kappa shape index (κ2) is 10.6. The van der Waals surface area contributed by atoms with Crippen LogP contribution in [-0.2, 0) is 12.7 Å². The minimum atomic E-state index is -4.41. The Hall–Kier alpha value is -2.59. The highest BCUT2D eigenvalue weighted by Gasteiger charge is 2.33. The standard InChI is InChI=1S/C27H30BrF4N5/c1-17(34-19-11-13-36(14-12-19)25-23(28)7-4-8-24(25)29)21-16-37(20-9-10-20)35-26(21)33-15-18-5-2-3-6-22(18)27(30,31)32/h2-8,16-17,19-20,34H,9-15H2,1H3,(H,33,35). The highest BCUT2D eigenvalue weighted by molar-refractivity contribution is 9.10. The number of alkyl halides is 3. The number of nitrogens with one attached hydrogen (secondary N) is 2. The van der Waals surface area contributed by atoms with Crippen molar-refractivity contribution >= 4 is 27.4 Å². The van der Waals surface area contributed by atoms with E-state index in [1.54, 1.807) is 12.1 Å². The first-order chi connectivity index (χ1) is 17.7. The number of halogens is 5. The largest absolute Gasteiger partial charge is 0.416 e. The van der Waals surface area contributed by atoms with E-state index in [0.717, 1.165) is 54.9 Å². The third kappa shape index (κ3) is 5.95. The summed E-state index contributed by atoms with van der Waals surface area (Å²) in [6.07, 6.45) is 1.43. The molecule has 5 nitrogen and oxygen atoms in total. The summed E-state index contributed by atoms with van der Waals surface area (Å²) in [6.45, 7) is 3.55. The number of para-hydroxylation sites is 1. The number of nitrogens with zero attached hydrogens (tertiary/aromatic N) is 3. The van der Waals surface area contributed by atoms with Crippen LogP contribution in [0.25, 0.3) is 0 Å². The maximum Gasteiger partial charge on any atom is 0.416 e. The van der Waals surface area contributed by atoms with Crippen LogP contribution in [0.4, 0.5) is 29.1 Å². The van der Waals surface area contributed by atoms with Crippen molar-refractivity contribution in [3.05, 3.63) is 75.6 Å². The SMILES string of the molecule is CC(NC1CCN(c2c(F)cccc2Br)CC1)c1cn(C2CC2)nc1NCc1ccccc1C(F)(F)F. The predicted octanol–water partition coefficient (Wildman–Crippen LogP) is 7.07. The molecule has 1 aliphatic heterocycles. The molecular weight excluding hydrogens is 550 g/mol. The molecule has 1 aliphatic carbocycles. The van der Waals surface area contributed by atoms with Gasteiger partial charge in [-0.2, -0.15) is 18.3 Å². The van der Waals surface area contributed by atoms with Gasteiger partial charge in [-0.15, -0.1) is 0 Å². The van der Waals surface area contributed by atoms with Gasteiger partial charge in [0.15, 0.2) is 5.82 Å². The van der Waals surface area contributed by atoms with E-state index in [9.17, 15) is 17.6 Å². The summed E-state index contributed by atoms with van der Waals surface area (Å²) in [5.41, 5.74) is 1.10. The Kier molecular flexibility index (Phi) is 7.49. The van der Waals surface area contributed by atoms with Gasteiger partial charge in [0.05, 0.1) is 17.3 Å². The zero-order valence-corrected chi connectivity index (χ0v) is 22.1. The molecule has 3 aromatic rings. The number of anilines is 2. The van der Waals surface area contributed by atoms with E-state index in [0.29, 0.717) is 17.5 Å². The van der Waals surface area contributed by atoms with Crippen LogP contribution in [0.15, 0.2) is 53.1 Å². The number of rotatable bonds is 8. The van der Waals surface area contributed by atoms with Crippen LogP contribution in [0.1, 0.15) is 61.4 Å². The molecule has 1 unspecified atom stereocenters. The Morgan fingerprint density at radius 1 is 1.05 bits per heavy atom. The predicted molar refractivity (Wildman–Crippen MR) is 140 cm³/mol. The molecule has 2 aromatic carbocycles. The highest BCUT2D eigenvalue weighted by atomic mass is 79.9. The van der Waals surface area contributed by atoms with Crippen molar-refractivity contribution in [2.45, 2.75) is 63.5 Å². The lowest BCUT2D eigenvalue weighted by molar-refractivity contribution is -0.138. The molecule has 0 bridgehead atoms. The molecule has 10 heteroatoms. The zero-order chi connectivity index (χ0) is 26.2. The summed E-state index contributed by atoms with van der Waals surface area (Å²) >= 11 is 3.47. The Bertz CT molecular complexity index is 1210. The molecular formula is C27H30BrF4N5. The van der Waals surface area contributed by atoms with Gasteiger partial charge in [0.1, 0.15) is 5.82 Å². The maximum absolute atomic E-state index is 14.4. The molecule has 198 valence electrons. The molecule has 2 fully saturated rings. The second-order valence-electron chi connectivity index (χ2n) is 9.87. The van der Waals surface area contributed by atoms with Gasteiger partial charge in [0, 0.05) is 48.0 Å². The van der Waals surface area contributed by atoms with Gasteiger partial charge >= 0.3 is 6.18 Å². The van der Waals surface area contributed by atoms with Crippen molar-refractivity contribution in [1.82, 2.24) is 15.1 Å².